The fourth-order valence-corrected chi connectivity index (χ4v) is 15.7. The van der Waals surface area contributed by atoms with Crippen LogP contribution in [0.4, 0.5) is 0 Å². The van der Waals surface area contributed by atoms with Gasteiger partial charge in [0.05, 0.1) is 113 Å². The number of aliphatic hydroxyl groups is 2. The first kappa shape index (κ1) is 122. The van der Waals surface area contributed by atoms with Crippen molar-refractivity contribution in [1.82, 2.24) is 0 Å². The average molecular weight is 1730 g/mol. The van der Waals surface area contributed by atoms with E-state index in [-0.39, 0.29) is 48.8 Å². The number of hydrogen-bond acceptors (Lipinski definition) is 17. The van der Waals surface area contributed by atoms with E-state index in [1.807, 2.05) is 0 Å². The Morgan fingerprint density at radius 2 is 0.512 bits per heavy atom. The zero-order chi connectivity index (χ0) is 92.6. The minimum absolute atomic E-state index is 0.0486. The summed E-state index contributed by atoms with van der Waals surface area (Å²) >= 11 is 0. The molecule has 11 saturated heterocycles. The molecule has 121 heavy (non-hydrogen) atoms. The van der Waals surface area contributed by atoms with Crippen LogP contribution in [-0.2, 0) is 71.1 Å². The fraction of sp³-hybridized carbons (Fsp3) is 1.00. The highest BCUT2D eigenvalue weighted by Gasteiger charge is 2.47. The summed E-state index contributed by atoms with van der Waals surface area (Å²) in [5.74, 6) is 16.1. The van der Waals surface area contributed by atoms with Crippen molar-refractivity contribution in [3.05, 3.63) is 0 Å². The van der Waals surface area contributed by atoms with E-state index in [9.17, 15) is 0 Å². The first-order chi connectivity index (χ1) is 57.1. The van der Waals surface area contributed by atoms with Gasteiger partial charge in [0, 0.05) is 48.7 Å². The van der Waals surface area contributed by atoms with Gasteiger partial charge in [0.1, 0.15) is 51.6 Å². The third-order valence-electron chi connectivity index (χ3n) is 27.8. The van der Waals surface area contributed by atoms with Crippen LogP contribution in [0.25, 0.3) is 0 Å². The second-order valence-corrected chi connectivity index (χ2v) is 40.8. The van der Waals surface area contributed by atoms with Gasteiger partial charge in [0.25, 0.3) is 0 Å². The van der Waals surface area contributed by atoms with E-state index in [0.717, 1.165) is 161 Å². The van der Waals surface area contributed by atoms with Crippen molar-refractivity contribution in [2.24, 2.45) is 118 Å². The van der Waals surface area contributed by atoms with Crippen molar-refractivity contribution in [2.45, 2.75) is 476 Å². The highest BCUT2D eigenvalue weighted by molar-refractivity contribution is 4.94. The zero-order valence-corrected chi connectivity index (χ0v) is 87.0. The molecule has 2 N–H and O–H groups in total. The van der Waals surface area contributed by atoms with Crippen LogP contribution in [0.1, 0.15) is 379 Å². The number of fused-ring (bicyclic) bond motifs is 5. The van der Waals surface area contributed by atoms with E-state index in [1.165, 1.54) is 89.9 Å². The number of rotatable bonds is 20. The van der Waals surface area contributed by atoms with Gasteiger partial charge < -0.3 is 81.3 Å². The summed E-state index contributed by atoms with van der Waals surface area (Å²) < 4.78 is 82.8. The van der Waals surface area contributed by atoms with E-state index < -0.39 is 12.2 Å². The SMILES string of the molecule is CC(C)C(C)C.CC(O)C(C)O.CCC(C)C.CCC(C)C(C)C(C)C(C)CC.CCCC(C)C.CCCC(C)CC.CCCCC(C)C.CC[C@@H]1OCOC2C1OCO[C@@H]2CC.CC[C@H]1OCOC2C1OCO[C@@H]2CC.C[C@@H]1CCC[C@H]1C.C[C@@H]1COC2C1OC[C@@H]2C.C[C@@H]1COC2C1OC[C@H]2C.C[C@@H]1COC[C@H]1C.C[C@H]1COC2C1OC[C@@H]2C. The molecule has 730 valence electrons. The summed E-state index contributed by atoms with van der Waals surface area (Å²) in [5.41, 5.74) is 0. The van der Waals surface area contributed by atoms with Crippen LogP contribution >= 0.6 is 0 Å². The Balaban J connectivity index is 0. The van der Waals surface area contributed by atoms with Gasteiger partial charge in [0.2, 0.25) is 0 Å². The second kappa shape index (κ2) is 72.0. The Morgan fingerprint density at radius 1 is 0.256 bits per heavy atom. The van der Waals surface area contributed by atoms with Crippen molar-refractivity contribution in [3.8, 4) is 0 Å². The van der Waals surface area contributed by atoms with Crippen molar-refractivity contribution in [1.29, 1.82) is 0 Å². The monoisotopic (exact) mass is 1730 g/mol. The highest BCUT2D eigenvalue weighted by atomic mass is 16.8. The molecule has 31 atom stereocenters. The predicted octanol–water partition coefficient (Wildman–Crippen LogP) is 26.0. The van der Waals surface area contributed by atoms with E-state index in [4.69, 9.17) is 81.3 Å². The molecule has 0 amide bonds. The summed E-state index contributed by atoms with van der Waals surface area (Å²) in [6.45, 7) is 92.7. The summed E-state index contributed by atoms with van der Waals surface area (Å²) in [7, 11) is 0. The average Bonchev–Trinajstić information content (AvgIpc) is 1.74. The van der Waals surface area contributed by atoms with Crippen molar-refractivity contribution in [3.63, 3.8) is 0 Å². The summed E-state index contributed by atoms with van der Waals surface area (Å²) in [6.07, 6.45) is 25.2. The Labute approximate surface area is 752 Å². The normalized spacial score (nSPS) is 34.1. The molecule has 12 fully saturated rings. The van der Waals surface area contributed by atoms with Gasteiger partial charge in [0.15, 0.2) is 0 Å². The van der Waals surface area contributed by atoms with Crippen LogP contribution in [0, 0.1) is 118 Å². The van der Waals surface area contributed by atoms with Gasteiger partial charge in [-0.05, 0) is 122 Å². The van der Waals surface area contributed by atoms with Crippen LogP contribution < -0.4 is 0 Å². The molecule has 0 radical (unpaired) electrons. The Morgan fingerprint density at radius 3 is 0.636 bits per heavy atom. The Hall–Kier alpha value is -0.680. The van der Waals surface area contributed by atoms with Crippen molar-refractivity contribution < 1.29 is 81.3 Å². The maximum atomic E-state index is 8.38. The van der Waals surface area contributed by atoms with E-state index in [1.54, 1.807) is 13.8 Å². The third kappa shape index (κ3) is 51.1. The molecule has 0 spiro atoms. The molecule has 0 aromatic heterocycles. The minimum atomic E-state index is -0.593. The lowest BCUT2D eigenvalue weighted by Crippen LogP contribution is -2.56. The summed E-state index contributed by atoms with van der Waals surface area (Å²) in [5, 5.41) is 16.8. The molecule has 11 aliphatic heterocycles. The molecule has 1 aliphatic carbocycles. The minimum Gasteiger partial charge on any atom is -0.391 e. The number of aliphatic hydroxyl groups excluding tert-OH is 2. The van der Waals surface area contributed by atoms with Crippen LogP contribution in [0.2, 0.25) is 0 Å². The lowest BCUT2D eigenvalue weighted by Gasteiger charge is -2.43. The van der Waals surface area contributed by atoms with Gasteiger partial charge in [-0.15, -0.1) is 0 Å². The molecule has 12 aliphatic rings. The maximum Gasteiger partial charge on any atom is 0.147 e. The van der Waals surface area contributed by atoms with Crippen molar-refractivity contribution in [2.75, 3.05) is 80.0 Å². The summed E-state index contributed by atoms with van der Waals surface area (Å²) in [4.78, 5) is 0. The molecule has 1 saturated carbocycles. The predicted molar refractivity (Wildman–Crippen MR) is 508 cm³/mol. The topological polar surface area (TPSA) is 179 Å². The smallest absolute Gasteiger partial charge is 0.147 e. The molecule has 0 bridgehead atoms. The van der Waals surface area contributed by atoms with E-state index in [2.05, 4.69) is 249 Å². The van der Waals surface area contributed by atoms with Gasteiger partial charge in [-0.25, -0.2) is 0 Å². The fourth-order valence-electron chi connectivity index (χ4n) is 15.7. The molecule has 17 heteroatoms. The third-order valence-corrected chi connectivity index (χ3v) is 27.8. The van der Waals surface area contributed by atoms with Gasteiger partial charge in [-0.3, -0.25) is 0 Å². The van der Waals surface area contributed by atoms with E-state index in [0.29, 0.717) is 99.3 Å². The lowest BCUT2D eigenvalue weighted by atomic mass is 9.77. The van der Waals surface area contributed by atoms with Crippen LogP contribution in [0.15, 0.2) is 0 Å². The molecule has 17 unspecified atom stereocenters. The Bertz CT molecular complexity index is 2000. The molecule has 12 rings (SSSR count). The second-order valence-electron chi connectivity index (χ2n) is 40.8. The van der Waals surface area contributed by atoms with Gasteiger partial charge >= 0.3 is 0 Å². The van der Waals surface area contributed by atoms with Crippen LogP contribution in [-0.4, -0.2) is 188 Å². The zero-order valence-electron chi connectivity index (χ0n) is 87.0. The van der Waals surface area contributed by atoms with Crippen molar-refractivity contribution >= 4 is 0 Å². The molecule has 0 aromatic rings. The van der Waals surface area contributed by atoms with Crippen LogP contribution in [0.5, 0.6) is 0 Å². The summed E-state index contributed by atoms with van der Waals surface area (Å²) in [6, 6.07) is 0. The number of hydrogen-bond donors (Lipinski definition) is 2. The molecule has 11 heterocycles. The molecular weight excluding hydrogens is 1520 g/mol. The molecule has 0 aromatic carbocycles. The number of ether oxygens (including phenoxy) is 15. The van der Waals surface area contributed by atoms with Gasteiger partial charge in [-0.1, -0.05) is 339 Å². The van der Waals surface area contributed by atoms with E-state index >= 15 is 0 Å². The first-order valence-corrected chi connectivity index (χ1v) is 50.7. The maximum absolute atomic E-state index is 8.38. The standard InChI is InChI=1S/C12H26.2C10H18O4.3C8H14O2.C7H14.2C7H16.C6H12O.2C6H14.C5H12.C4H10O2/c1-7-9(3)11(5)12(6)10(4)8-2;2*1-3-7-9-10(14-5-11-7)8(4-2)12-6-13-9;3*1-5-3-9-8-6(2)4-10-7(5)8;1-6-4-3-5-7(6)2;1-4-5-6-7(2)3;1-4-6-7(3)5-2;1-5-3-7-4-6(5)2;1-5(2)6(3)4;1-4-5-6(2)3;1-4-5(2)3;1-3(5)4(2)6/h9-12H,7-8H2,1-6H3;2*7-10H,3-6H2,1-2H3;3*5-8H,3-4H2,1-2H3;6-7H,3-5H2,1-2H3;2*7H,4-6H2,1-3H3;5-6H,3-4H2,1-2H3;5-6H,1-4H3;6H,4-5H2,1-3H3;5H,4H2,1-3H3;3-6H,1-2H3/t;7-,8+,9?,10?;7-,8-,9?,10?;5-,6+,7?,8?;2*5-,6-,7?,8?;6-,7-;;;5-,6-;;;;/m..1.101..1..../s1. The molecule has 17 nitrogen and oxygen atoms in total. The lowest BCUT2D eigenvalue weighted by molar-refractivity contribution is -0.322. The first-order valence-electron chi connectivity index (χ1n) is 50.7. The number of unbranched alkanes of at least 4 members (excludes halogenated alkanes) is 1. The van der Waals surface area contributed by atoms with Gasteiger partial charge in [-0.2, -0.15) is 0 Å². The van der Waals surface area contributed by atoms with Crippen LogP contribution in [0.3, 0.4) is 0 Å². The Kier molecular flexibility index (Phi) is 72.8. The highest BCUT2D eigenvalue weighted by Crippen LogP contribution is 2.38. The molecular formula is C104H212O17. The quantitative estimate of drug-likeness (QED) is 0.117. The largest absolute Gasteiger partial charge is 0.391 e.